The fourth-order valence-corrected chi connectivity index (χ4v) is 1.83. The first-order valence-electron chi connectivity index (χ1n) is 5.64. The third-order valence-corrected chi connectivity index (χ3v) is 2.96. The van der Waals surface area contributed by atoms with Crippen LogP contribution >= 0.6 is 0 Å². The number of likely N-dealkylation sites (N-methyl/N-ethyl adjacent to an activating group) is 1. The van der Waals surface area contributed by atoms with E-state index in [4.69, 9.17) is 0 Å². The monoisotopic (exact) mass is 240 g/mol. The Morgan fingerprint density at radius 1 is 1.47 bits per heavy atom. The maximum Gasteiger partial charge on any atom is 0.275 e. The van der Waals surface area contributed by atoms with Gasteiger partial charge in [0, 0.05) is 17.5 Å². The largest absolute Gasteiger partial charge is 0.314 e. The van der Waals surface area contributed by atoms with E-state index in [0.29, 0.717) is 5.56 Å². The van der Waals surface area contributed by atoms with Crippen LogP contribution in [0.3, 0.4) is 0 Å². The lowest BCUT2D eigenvalue weighted by Gasteiger charge is -2.20. The van der Waals surface area contributed by atoms with Crippen LogP contribution < -0.4 is 5.32 Å². The Morgan fingerprint density at radius 3 is 2.65 bits per heavy atom. The second kappa shape index (κ2) is 5.72. The van der Waals surface area contributed by atoms with Gasteiger partial charge in [0.25, 0.3) is 5.69 Å². The molecule has 1 aromatic carbocycles. The number of hydrogen-bond acceptors (Lipinski definition) is 3. The highest BCUT2D eigenvalue weighted by atomic mass is 19.1. The predicted molar refractivity (Wildman–Crippen MR) is 64.6 cm³/mol. The van der Waals surface area contributed by atoms with E-state index in [9.17, 15) is 14.5 Å². The molecule has 0 spiro atoms. The van der Waals surface area contributed by atoms with Gasteiger partial charge in [-0.2, -0.15) is 0 Å². The highest BCUT2D eigenvalue weighted by Gasteiger charge is 2.23. The highest BCUT2D eigenvalue weighted by molar-refractivity contribution is 5.43. The molecule has 5 heteroatoms. The van der Waals surface area contributed by atoms with Gasteiger partial charge in [0.2, 0.25) is 0 Å². The molecule has 0 aliphatic rings. The zero-order valence-corrected chi connectivity index (χ0v) is 10.2. The van der Waals surface area contributed by atoms with Crippen LogP contribution in [0, 0.1) is 15.9 Å². The smallest absolute Gasteiger partial charge is 0.275 e. The molecule has 94 valence electrons. The fourth-order valence-electron chi connectivity index (χ4n) is 1.83. The van der Waals surface area contributed by atoms with E-state index in [1.165, 1.54) is 12.1 Å². The van der Waals surface area contributed by atoms with Crippen molar-refractivity contribution in [1.29, 1.82) is 0 Å². The van der Waals surface area contributed by atoms with Gasteiger partial charge in [-0.1, -0.05) is 13.8 Å². The zero-order valence-electron chi connectivity index (χ0n) is 10.2. The Morgan fingerprint density at radius 2 is 2.12 bits per heavy atom. The van der Waals surface area contributed by atoms with E-state index >= 15 is 0 Å². The highest BCUT2D eigenvalue weighted by Crippen LogP contribution is 2.29. The SMILES string of the molecule is CCNC(C)C(C)c1ccc(F)cc1[N+](=O)[O-]. The number of nitrogens with zero attached hydrogens (tertiary/aromatic N) is 1. The Labute approximate surface area is 100.0 Å². The number of nitro groups is 1. The lowest BCUT2D eigenvalue weighted by Crippen LogP contribution is -2.30. The second-order valence-corrected chi connectivity index (χ2v) is 4.10. The second-order valence-electron chi connectivity index (χ2n) is 4.10. The molecule has 17 heavy (non-hydrogen) atoms. The number of halogens is 1. The van der Waals surface area contributed by atoms with Crippen molar-refractivity contribution >= 4 is 5.69 Å². The minimum absolute atomic E-state index is 0.0454. The molecule has 0 heterocycles. The summed E-state index contributed by atoms with van der Waals surface area (Å²) in [4.78, 5) is 10.3. The molecule has 1 N–H and O–H groups in total. The normalized spacial score (nSPS) is 14.4. The van der Waals surface area contributed by atoms with Crippen LogP contribution in [-0.2, 0) is 0 Å². The van der Waals surface area contributed by atoms with E-state index in [2.05, 4.69) is 5.32 Å². The molecule has 0 amide bonds. The van der Waals surface area contributed by atoms with Crippen LogP contribution in [0.15, 0.2) is 18.2 Å². The average molecular weight is 240 g/mol. The summed E-state index contributed by atoms with van der Waals surface area (Å²) >= 11 is 0. The first-order valence-corrected chi connectivity index (χ1v) is 5.64. The molecule has 1 aromatic rings. The van der Waals surface area contributed by atoms with Crippen molar-refractivity contribution in [2.24, 2.45) is 0 Å². The number of nitrogens with one attached hydrogen (secondary N) is 1. The first kappa shape index (κ1) is 13.6. The fraction of sp³-hybridized carbons (Fsp3) is 0.500. The number of benzene rings is 1. The van der Waals surface area contributed by atoms with Crippen molar-refractivity contribution < 1.29 is 9.31 Å². The molecule has 0 saturated carbocycles. The summed E-state index contributed by atoms with van der Waals surface area (Å²) in [7, 11) is 0. The molecule has 0 aliphatic heterocycles. The average Bonchev–Trinajstić information content (AvgIpc) is 2.28. The van der Waals surface area contributed by atoms with Gasteiger partial charge < -0.3 is 5.32 Å². The lowest BCUT2D eigenvalue weighted by atomic mass is 9.93. The van der Waals surface area contributed by atoms with Crippen molar-refractivity contribution in [2.75, 3.05) is 6.54 Å². The van der Waals surface area contributed by atoms with E-state index in [-0.39, 0.29) is 17.6 Å². The molecular formula is C12H17FN2O2. The molecule has 0 aliphatic carbocycles. The third kappa shape index (κ3) is 3.23. The summed E-state index contributed by atoms with van der Waals surface area (Å²) < 4.78 is 13.0. The van der Waals surface area contributed by atoms with Crippen molar-refractivity contribution in [1.82, 2.24) is 5.32 Å². The quantitative estimate of drug-likeness (QED) is 0.636. The number of rotatable bonds is 5. The van der Waals surface area contributed by atoms with E-state index in [1.54, 1.807) is 0 Å². The van der Waals surface area contributed by atoms with Crippen molar-refractivity contribution in [2.45, 2.75) is 32.7 Å². The molecule has 0 fully saturated rings. The van der Waals surface area contributed by atoms with Crippen LogP contribution in [-0.4, -0.2) is 17.5 Å². The van der Waals surface area contributed by atoms with E-state index in [0.717, 1.165) is 12.6 Å². The van der Waals surface area contributed by atoms with Crippen LogP contribution in [0.1, 0.15) is 32.3 Å². The molecule has 1 rings (SSSR count). The molecule has 2 unspecified atom stereocenters. The maximum absolute atomic E-state index is 13.0. The minimum atomic E-state index is -0.580. The summed E-state index contributed by atoms with van der Waals surface area (Å²) in [5, 5.41) is 14.1. The molecule has 2 atom stereocenters. The van der Waals surface area contributed by atoms with Crippen LogP contribution in [0.5, 0.6) is 0 Å². The molecule has 4 nitrogen and oxygen atoms in total. The molecule has 0 radical (unpaired) electrons. The Hall–Kier alpha value is -1.49. The third-order valence-electron chi connectivity index (χ3n) is 2.96. The Bertz CT molecular complexity index is 409. The van der Waals surface area contributed by atoms with Gasteiger partial charge in [-0.05, 0) is 25.6 Å². The van der Waals surface area contributed by atoms with Crippen molar-refractivity contribution in [3.05, 3.63) is 39.7 Å². The van der Waals surface area contributed by atoms with Gasteiger partial charge in [-0.3, -0.25) is 10.1 Å². The summed E-state index contributed by atoms with van der Waals surface area (Å²) in [5.41, 5.74) is 0.409. The summed E-state index contributed by atoms with van der Waals surface area (Å²) in [6.45, 7) is 6.62. The maximum atomic E-state index is 13.0. The summed E-state index contributed by atoms with van der Waals surface area (Å²) in [5.74, 6) is -0.625. The van der Waals surface area contributed by atoms with Gasteiger partial charge in [0.05, 0.1) is 11.0 Å². The van der Waals surface area contributed by atoms with E-state index in [1.807, 2.05) is 20.8 Å². The minimum Gasteiger partial charge on any atom is -0.314 e. The molecule has 0 saturated heterocycles. The zero-order chi connectivity index (χ0) is 13.0. The van der Waals surface area contributed by atoms with Gasteiger partial charge in [-0.15, -0.1) is 0 Å². The Balaban J connectivity index is 3.08. The topological polar surface area (TPSA) is 55.2 Å². The molecule has 0 aromatic heterocycles. The molecule has 0 bridgehead atoms. The summed E-state index contributed by atoms with van der Waals surface area (Å²) in [6.07, 6.45) is 0. The van der Waals surface area contributed by atoms with Crippen molar-refractivity contribution in [3.63, 3.8) is 0 Å². The van der Waals surface area contributed by atoms with Crippen LogP contribution in [0.2, 0.25) is 0 Å². The first-order chi connectivity index (χ1) is 7.97. The van der Waals surface area contributed by atoms with Gasteiger partial charge in [0.1, 0.15) is 5.82 Å². The lowest BCUT2D eigenvalue weighted by molar-refractivity contribution is -0.385. The van der Waals surface area contributed by atoms with Gasteiger partial charge in [0.15, 0.2) is 0 Å². The standard InChI is InChI=1S/C12H17FN2O2/c1-4-14-9(3)8(2)11-6-5-10(13)7-12(11)15(16)17/h5-9,14H,4H2,1-3H3. The number of nitro benzene ring substituents is 1. The Kier molecular flexibility index (Phi) is 4.57. The van der Waals surface area contributed by atoms with Gasteiger partial charge >= 0.3 is 0 Å². The van der Waals surface area contributed by atoms with Crippen LogP contribution in [0.25, 0.3) is 0 Å². The summed E-state index contributed by atoms with van der Waals surface area (Å²) in [6, 6.07) is 3.83. The predicted octanol–water partition coefficient (Wildman–Crippen LogP) is 2.84. The number of hydrogen-bond donors (Lipinski definition) is 1. The van der Waals surface area contributed by atoms with Crippen molar-refractivity contribution in [3.8, 4) is 0 Å². The van der Waals surface area contributed by atoms with Gasteiger partial charge in [-0.25, -0.2) is 4.39 Å². The molecular weight excluding hydrogens is 223 g/mol. The van der Waals surface area contributed by atoms with E-state index < -0.39 is 10.7 Å². The van der Waals surface area contributed by atoms with Crippen LogP contribution in [0.4, 0.5) is 10.1 Å².